The van der Waals surface area contributed by atoms with Crippen LogP contribution in [0.15, 0.2) is 24.3 Å². The number of hydrogen-bond donors (Lipinski definition) is 1. The number of ether oxygens (including phenoxy) is 1. The van der Waals surface area contributed by atoms with Crippen molar-refractivity contribution in [3.63, 3.8) is 0 Å². The molecule has 1 N–H and O–H groups in total. The molecule has 0 radical (unpaired) electrons. The third kappa shape index (κ3) is 2.08. The van der Waals surface area contributed by atoms with Crippen LogP contribution in [0.3, 0.4) is 0 Å². The molecule has 2 aliphatic heterocycles. The van der Waals surface area contributed by atoms with Crippen molar-refractivity contribution in [3.05, 3.63) is 29.8 Å². The van der Waals surface area contributed by atoms with E-state index in [2.05, 4.69) is 4.90 Å². The Hall–Kier alpha value is -1.55. The van der Waals surface area contributed by atoms with Crippen LogP contribution in [0.25, 0.3) is 0 Å². The van der Waals surface area contributed by atoms with E-state index < -0.39 is 11.5 Å². The van der Waals surface area contributed by atoms with Gasteiger partial charge in [0.25, 0.3) is 0 Å². The molecule has 0 saturated carbocycles. The number of para-hydroxylation sites is 1. The van der Waals surface area contributed by atoms with E-state index in [0.29, 0.717) is 13.0 Å². The van der Waals surface area contributed by atoms with Crippen LogP contribution in [0.2, 0.25) is 0 Å². The minimum atomic E-state index is -0.904. The van der Waals surface area contributed by atoms with Gasteiger partial charge in [0, 0.05) is 12.0 Å². The second kappa shape index (κ2) is 5.44. The van der Waals surface area contributed by atoms with Crippen LogP contribution >= 0.6 is 0 Å². The molecule has 2 heterocycles. The number of benzene rings is 1. The summed E-state index contributed by atoms with van der Waals surface area (Å²) < 4.78 is 5.66. The standard InChI is InChI=1S/C16H21NO3/c18-15(19)16(17-10-5-1-2-6-11-17)9-12-20-14-8-4-3-7-13(14)16/h3-4,7-8H,1-2,5-6,9-12H2,(H,18,19). The van der Waals surface area contributed by atoms with Gasteiger partial charge in [-0.2, -0.15) is 0 Å². The van der Waals surface area contributed by atoms with Gasteiger partial charge in [0.15, 0.2) is 5.54 Å². The van der Waals surface area contributed by atoms with E-state index in [9.17, 15) is 9.90 Å². The number of carboxylic acids is 1. The summed E-state index contributed by atoms with van der Waals surface area (Å²) in [6.07, 6.45) is 5.09. The molecule has 0 bridgehead atoms. The average Bonchev–Trinajstić information content (AvgIpc) is 2.75. The normalized spacial score (nSPS) is 27.2. The topological polar surface area (TPSA) is 49.8 Å². The minimum Gasteiger partial charge on any atom is -0.493 e. The zero-order valence-electron chi connectivity index (χ0n) is 11.7. The third-order valence-electron chi connectivity index (χ3n) is 4.55. The Labute approximate surface area is 119 Å². The molecular weight excluding hydrogens is 254 g/mol. The van der Waals surface area contributed by atoms with E-state index in [4.69, 9.17) is 4.74 Å². The SMILES string of the molecule is O=C(O)C1(N2CCCCCC2)CCOc2ccccc21. The predicted molar refractivity (Wildman–Crippen MR) is 75.9 cm³/mol. The second-order valence-corrected chi connectivity index (χ2v) is 5.66. The van der Waals surface area contributed by atoms with E-state index in [0.717, 1.165) is 37.2 Å². The molecule has 4 heteroatoms. The van der Waals surface area contributed by atoms with E-state index >= 15 is 0 Å². The molecule has 2 aliphatic rings. The molecule has 1 atom stereocenters. The zero-order valence-corrected chi connectivity index (χ0v) is 11.7. The van der Waals surface area contributed by atoms with Gasteiger partial charge in [0.2, 0.25) is 0 Å². The van der Waals surface area contributed by atoms with Gasteiger partial charge in [-0.1, -0.05) is 31.0 Å². The van der Waals surface area contributed by atoms with Crippen molar-refractivity contribution in [2.24, 2.45) is 0 Å². The number of fused-ring (bicyclic) bond motifs is 1. The summed E-state index contributed by atoms with van der Waals surface area (Å²) in [7, 11) is 0. The van der Waals surface area contributed by atoms with Crippen molar-refractivity contribution < 1.29 is 14.6 Å². The highest BCUT2D eigenvalue weighted by Gasteiger charge is 2.49. The number of hydrogen-bond acceptors (Lipinski definition) is 3. The molecule has 0 aliphatic carbocycles. The van der Waals surface area contributed by atoms with E-state index in [-0.39, 0.29) is 0 Å². The first kappa shape index (κ1) is 13.4. The number of rotatable bonds is 2. The van der Waals surface area contributed by atoms with Gasteiger partial charge in [0.05, 0.1) is 6.61 Å². The lowest BCUT2D eigenvalue weighted by molar-refractivity contribution is -0.155. The van der Waals surface area contributed by atoms with Gasteiger partial charge in [-0.05, 0) is 32.0 Å². The first-order valence-corrected chi connectivity index (χ1v) is 7.46. The molecule has 1 saturated heterocycles. The summed E-state index contributed by atoms with van der Waals surface area (Å²) in [6.45, 7) is 2.20. The lowest BCUT2D eigenvalue weighted by atomic mass is 9.82. The number of likely N-dealkylation sites (tertiary alicyclic amines) is 1. The molecule has 1 aromatic rings. The monoisotopic (exact) mass is 275 g/mol. The molecule has 1 unspecified atom stereocenters. The molecule has 0 amide bonds. The highest BCUT2D eigenvalue weighted by Crippen LogP contribution is 2.42. The summed E-state index contributed by atoms with van der Waals surface area (Å²) in [6, 6.07) is 7.60. The smallest absolute Gasteiger partial charge is 0.329 e. The summed E-state index contributed by atoms with van der Waals surface area (Å²) in [5.41, 5.74) is -0.0835. The fraction of sp³-hybridized carbons (Fsp3) is 0.562. The van der Waals surface area contributed by atoms with Crippen molar-refractivity contribution in [3.8, 4) is 5.75 Å². The Morgan fingerprint density at radius 2 is 1.85 bits per heavy atom. The lowest BCUT2D eigenvalue weighted by Gasteiger charge is -2.43. The van der Waals surface area contributed by atoms with Crippen LogP contribution in [0, 0.1) is 0 Å². The Balaban J connectivity index is 2.06. The molecule has 4 nitrogen and oxygen atoms in total. The Morgan fingerprint density at radius 3 is 2.55 bits per heavy atom. The fourth-order valence-corrected chi connectivity index (χ4v) is 3.52. The van der Waals surface area contributed by atoms with Crippen molar-refractivity contribution in [2.75, 3.05) is 19.7 Å². The maximum absolute atomic E-state index is 12.2. The molecule has 3 rings (SSSR count). The van der Waals surface area contributed by atoms with Crippen LogP contribution in [0.1, 0.15) is 37.7 Å². The summed E-state index contributed by atoms with van der Waals surface area (Å²) in [4.78, 5) is 14.3. The van der Waals surface area contributed by atoms with E-state index in [1.165, 1.54) is 12.8 Å². The highest BCUT2D eigenvalue weighted by atomic mass is 16.5. The van der Waals surface area contributed by atoms with Gasteiger partial charge in [-0.3, -0.25) is 4.90 Å². The molecule has 20 heavy (non-hydrogen) atoms. The lowest BCUT2D eigenvalue weighted by Crippen LogP contribution is -2.54. The van der Waals surface area contributed by atoms with Crippen molar-refractivity contribution in [1.82, 2.24) is 4.90 Å². The first-order chi connectivity index (χ1) is 9.75. The summed E-state index contributed by atoms with van der Waals surface area (Å²) >= 11 is 0. The zero-order chi connectivity index (χ0) is 14.0. The van der Waals surface area contributed by atoms with Crippen molar-refractivity contribution >= 4 is 5.97 Å². The molecular formula is C16H21NO3. The molecule has 0 aromatic heterocycles. The number of nitrogens with zero attached hydrogens (tertiary/aromatic N) is 1. The Bertz CT molecular complexity index is 494. The van der Waals surface area contributed by atoms with Crippen molar-refractivity contribution in [2.45, 2.75) is 37.6 Å². The average molecular weight is 275 g/mol. The second-order valence-electron chi connectivity index (χ2n) is 5.66. The van der Waals surface area contributed by atoms with Crippen LogP contribution in [-0.4, -0.2) is 35.7 Å². The first-order valence-electron chi connectivity index (χ1n) is 7.46. The van der Waals surface area contributed by atoms with E-state index in [1.807, 2.05) is 24.3 Å². The number of carbonyl (C=O) groups is 1. The largest absolute Gasteiger partial charge is 0.493 e. The molecule has 0 spiro atoms. The minimum absolute atomic E-state index is 0.472. The third-order valence-corrected chi connectivity index (χ3v) is 4.55. The molecule has 1 aromatic carbocycles. The fourth-order valence-electron chi connectivity index (χ4n) is 3.52. The van der Waals surface area contributed by atoms with Crippen molar-refractivity contribution in [1.29, 1.82) is 0 Å². The highest BCUT2D eigenvalue weighted by molar-refractivity contribution is 5.82. The van der Waals surface area contributed by atoms with Gasteiger partial charge < -0.3 is 9.84 Å². The molecule has 108 valence electrons. The van der Waals surface area contributed by atoms with Crippen LogP contribution < -0.4 is 4.74 Å². The Kier molecular flexibility index (Phi) is 3.66. The van der Waals surface area contributed by atoms with Crippen LogP contribution in [-0.2, 0) is 10.3 Å². The van der Waals surface area contributed by atoms with Gasteiger partial charge in [-0.25, -0.2) is 4.79 Å². The quantitative estimate of drug-likeness (QED) is 0.901. The van der Waals surface area contributed by atoms with Gasteiger partial charge >= 0.3 is 5.97 Å². The molecule has 1 fully saturated rings. The number of carboxylic acid groups (broad SMARTS) is 1. The summed E-state index contributed by atoms with van der Waals surface area (Å²) in [5, 5.41) is 9.98. The maximum atomic E-state index is 12.2. The van der Waals surface area contributed by atoms with E-state index in [1.54, 1.807) is 0 Å². The number of aliphatic carboxylic acids is 1. The van der Waals surface area contributed by atoms with Gasteiger partial charge in [-0.15, -0.1) is 0 Å². The van der Waals surface area contributed by atoms with Crippen LogP contribution in [0.5, 0.6) is 5.75 Å². The summed E-state index contributed by atoms with van der Waals surface area (Å²) in [5.74, 6) is -0.0134. The Morgan fingerprint density at radius 1 is 1.15 bits per heavy atom. The van der Waals surface area contributed by atoms with Gasteiger partial charge in [0.1, 0.15) is 5.75 Å². The predicted octanol–water partition coefficient (Wildman–Crippen LogP) is 2.63. The maximum Gasteiger partial charge on any atom is 0.329 e. The van der Waals surface area contributed by atoms with Crippen LogP contribution in [0.4, 0.5) is 0 Å².